The number of nitrogens with zero attached hydrogens (tertiary/aromatic N) is 1. The first-order valence-electron chi connectivity index (χ1n) is 8.02. The fourth-order valence-corrected chi connectivity index (χ4v) is 2.60. The molecule has 3 rings (SSSR count). The highest BCUT2D eigenvalue weighted by Crippen LogP contribution is 2.35. The molecule has 7 heteroatoms. The zero-order valence-electron chi connectivity index (χ0n) is 14.4. The predicted octanol–water partition coefficient (Wildman–Crippen LogP) is 2.61. The number of ether oxygens (including phenoxy) is 2. The fraction of sp³-hybridized carbons (Fsp3) is 0.211. The van der Waals surface area contributed by atoms with Gasteiger partial charge in [0.1, 0.15) is 6.54 Å². The van der Waals surface area contributed by atoms with Crippen molar-refractivity contribution < 1.29 is 23.9 Å². The van der Waals surface area contributed by atoms with Crippen LogP contribution in [0.4, 0.5) is 11.4 Å². The third-order valence-corrected chi connectivity index (χ3v) is 3.90. The molecule has 1 aliphatic heterocycles. The standard InChI is InChI=1S/C19H18N2O5/c1-12(22)14-4-3-5-15(8-14)20-19(24)10-21(13(2)23)16-6-7-17-18(9-16)26-11-25-17/h3-9H,10-11H2,1-2H3,(H,20,24). The molecule has 7 nitrogen and oxygen atoms in total. The summed E-state index contributed by atoms with van der Waals surface area (Å²) in [4.78, 5) is 37.2. The van der Waals surface area contributed by atoms with Gasteiger partial charge < -0.3 is 19.7 Å². The maximum Gasteiger partial charge on any atom is 0.244 e. The van der Waals surface area contributed by atoms with Crippen LogP contribution >= 0.6 is 0 Å². The van der Waals surface area contributed by atoms with Crippen LogP contribution in [0, 0.1) is 0 Å². The Morgan fingerprint density at radius 1 is 1.04 bits per heavy atom. The molecule has 0 unspecified atom stereocenters. The Labute approximate surface area is 150 Å². The van der Waals surface area contributed by atoms with Crippen molar-refractivity contribution in [3.63, 3.8) is 0 Å². The van der Waals surface area contributed by atoms with Crippen molar-refractivity contribution in [1.29, 1.82) is 0 Å². The molecule has 2 aromatic carbocycles. The van der Waals surface area contributed by atoms with Gasteiger partial charge in [-0.25, -0.2) is 0 Å². The first-order chi connectivity index (χ1) is 12.4. The number of rotatable bonds is 5. The third kappa shape index (κ3) is 3.83. The van der Waals surface area contributed by atoms with Crippen LogP contribution in [0.3, 0.4) is 0 Å². The number of nitrogens with one attached hydrogen (secondary N) is 1. The van der Waals surface area contributed by atoms with Gasteiger partial charge >= 0.3 is 0 Å². The van der Waals surface area contributed by atoms with Gasteiger partial charge in [-0.3, -0.25) is 14.4 Å². The van der Waals surface area contributed by atoms with E-state index in [1.165, 1.54) is 18.7 Å². The lowest BCUT2D eigenvalue weighted by atomic mass is 10.1. The molecule has 1 heterocycles. The molecule has 0 saturated carbocycles. The van der Waals surface area contributed by atoms with Crippen LogP contribution in [0.15, 0.2) is 42.5 Å². The summed E-state index contributed by atoms with van der Waals surface area (Å²) >= 11 is 0. The lowest BCUT2D eigenvalue weighted by Crippen LogP contribution is -2.36. The molecule has 0 atom stereocenters. The number of hydrogen-bond acceptors (Lipinski definition) is 5. The van der Waals surface area contributed by atoms with Gasteiger partial charge in [0.15, 0.2) is 17.3 Å². The molecule has 0 radical (unpaired) electrons. The maximum absolute atomic E-state index is 12.4. The third-order valence-electron chi connectivity index (χ3n) is 3.90. The van der Waals surface area contributed by atoms with Crippen LogP contribution in [0.2, 0.25) is 0 Å². The zero-order chi connectivity index (χ0) is 18.7. The van der Waals surface area contributed by atoms with E-state index in [1.807, 2.05) is 0 Å². The molecule has 0 saturated heterocycles. The molecule has 2 aromatic rings. The second kappa shape index (κ2) is 7.26. The van der Waals surface area contributed by atoms with E-state index in [1.54, 1.807) is 42.5 Å². The second-order valence-corrected chi connectivity index (χ2v) is 5.83. The van der Waals surface area contributed by atoms with Gasteiger partial charge in [-0.1, -0.05) is 12.1 Å². The van der Waals surface area contributed by atoms with Crippen LogP contribution in [0.1, 0.15) is 24.2 Å². The SMILES string of the molecule is CC(=O)c1cccc(NC(=O)CN(C(C)=O)c2ccc3c(c2)OCO3)c1. The second-order valence-electron chi connectivity index (χ2n) is 5.83. The molecule has 134 valence electrons. The molecular weight excluding hydrogens is 336 g/mol. The van der Waals surface area contributed by atoms with E-state index in [2.05, 4.69) is 5.32 Å². The smallest absolute Gasteiger partial charge is 0.244 e. The van der Waals surface area contributed by atoms with Gasteiger partial charge in [-0.2, -0.15) is 0 Å². The molecule has 26 heavy (non-hydrogen) atoms. The van der Waals surface area contributed by atoms with E-state index in [-0.39, 0.29) is 30.9 Å². The van der Waals surface area contributed by atoms with Crippen molar-refractivity contribution in [2.24, 2.45) is 0 Å². The molecule has 1 aliphatic rings. The predicted molar refractivity (Wildman–Crippen MR) is 95.7 cm³/mol. The van der Waals surface area contributed by atoms with Crippen LogP contribution < -0.4 is 19.7 Å². The molecule has 0 bridgehead atoms. The number of benzene rings is 2. The largest absolute Gasteiger partial charge is 0.454 e. The van der Waals surface area contributed by atoms with Crippen molar-refractivity contribution in [1.82, 2.24) is 0 Å². The van der Waals surface area contributed by atoms with Crippen molar-refractivity contribution in [3.05, 3.63) is 48.0 Å². The summed E-state index contributed by atoms with van der Waals surface area (Å²) in [5.41, 5.74) is 1.54. The van der Waals surface area contributed by atoms with Gasteiger partial charge in [0.05, 0.1) is 0 Å². The van der Waals surface area contributed by atoms with E-state index in [4.69, 9.17) is 9.47 Å². The summed E-state index contributed by atoms with van der Waals surface area (Å²) in [7, 11) is 0. The Hall–Kier alpha value is -3.35. The van der Waals surface area contributed by atoms with E-state index in [9.17, 15) is 14.4 Å². The monoisotopic (exact) mass is 354 g/mol. The number of carbonyl (C=O) groups is 3. The Balaban J connectivity index is 1.74. The highest BCUT2D eigenvalue weighted by Gasteiger charge is 2.20. The summed E-state index contributed by atoms with van der Waals surface area (Å²) in [6.07, 6.45) is 0. The number of anilines is 2. The van der Waals surface area contributed by atoms with E-state index in [0.29, 0.717) is 28.4 Å². The summed E-state index contributed by atoms with van der Waals surface area (Å²) in [6.45, 7) is 2.80. The zero-order valence-corrected chi connectivity index (χ0v) is 14.4. The van der Waals surface area contributed by atoms with E-state index in [0.717, 1.165) is 0 Å². The minimum absolute atomic E-state index is 0.0909. The van der Waals surface area contributed by atoms with E-state index >= 15 is 0 Å². The molecule has 0 aromatic heterocycles. The lowest BCUT2D eigenvalue weighted by molar-refractivity contribution is -0.120. The summed E-state index contributed by atoms with van der Waals surface area (Å²) in [6, 6.07) is 11.7. The molecule has 0 aliphatic carbocycles. The summed E-state index contributed by atoms with van der Waals surface area (Å²) in [5.74, 6) is 0.382. The first-order valence-corrected chi connectivity index (χ1v) is 8.02. The average Bonchev–Trinajstić information content (AvgIpc) is 3.07. The first kappa shape index (κ1) is 17.5. The van der Waals surface area contributed by atoms with Crippen LogP contribution in [-0.2, 0) is 9.59 Å². The Bertz CT molecular complexity index is 878. The van der Waals surface area contributed by atoms with E-state index < -0.39 is 0 Å². The minimum atomic E-state index is -0.376. The normalized spacial score (nSPS) is 11.8. The van der Waals surface area contributed by atoms with Crippen LogP contribution in [0.5, 0.6) is 11.5 Å². The molecular formula is C19H18N2O5. The number of hydrogen-bond donors (Lipinski definition) is 1. The quantitative estimate of drug-likeness (QED) is 0.835. The molecule has 0 spiro atoms. The van der Waals surface area contributed by atoms with Gasteiger partial charge in [0.2, 0.25) is 18.6 Å². The van der Waals surface area contributed by atoms with Crippen molar-refractivity contribution in [2.45, 2.75) is 13.8 Å². The Kier molecular flexibility index (Phi) is 4.88. The van der Waals surface area contributed by atoms with Crippen LogP contribution in [-0.4, -0.2) is 30.9 Å². The number of carbonyl (C=O) groups excluding carboxylic acids is 3. The maximum atomic E-state index is 12.4. The van der Waals surface area contributed by atoms with Crippen molar-refractivity contribution in [2.75, 3.05) is 23.6 Å². The number of ketones is 1. The fourth-order valence-electron chi connectivity index (χ4n) is 2.60. The number of fused-ring (bicyclic) bond motifs is 1. The Morgan fingerprint density at radius 2 is 1.81 bits per heavy atom. The summed E-state index contributed by atoms with van der Waals surface area (Å²) < 4.78 is 10.6. The Morgan fingerprint density at radius 3 is 2.54 bits per heavy atom. The minimum Gasteiger partial charge on any atom is -0.454 e. The highest BCUT2D eigenvalue weighted by atomic mass is 16.7. The van der Waals surface area contributed by atoms with Gasteiger partial charge in [-0.15, -0.1) is 0 Å². The topological polar surface area (TPSA) is 84.9 Å². The molecule has 2 amide bonds. The van der Waals surface area contributed by atoms with Crippen molar-refractivity contribution >= 4 is 29.0 Å². The van der Waals surface area contributed by atoms with Crippen LogP contribution in [0.25, 0.3) is 0 Å². The van der Waals surface area contributed by atoms with Gasteiger partial charge in [-0.05, 0) is 31.2 Å². The van der Waals surface area contributed by atoms with Gasteiger partial charge in [0, 0.05) is 29.9 Å². The molecule has 0 fully saturated rings. The lowest BCUT2D eigenvalue weighted by Gasteiger charge is -2.21. The summed E-state index contributed by atoms with van der Waals surface area (Å²) in [5, 5.41) is 2.70. The number of amides is 2. The average molecular weight is 354 g/mol. The van der Waals surface area contributed by atoms with Gasteiger partial charge in [0.25, 0.3) is 0 Å². The number of Topliss-reactive ketones (excluding diaryl/α,β-unsaturated/α-hetero) is 1. The van der Waals surface area contributed by atoms with Crippen molar-refractivity contribution in [3.8, 4) is 11.5 Å². The molecule has 1 N–H and O–H groups in total. The highest BCUT2D eigenvalue weighted by molar-refractivity contribution is 6.02.